The van der Waals surface area contributed by atoms with Crippen molar-refractivity contribution in [2.75, 3.05) is 25.5 Å². The Bertz CT molecular complexity index is 1060. The summed E-state index contributed by atoms with van der Waals surface area (Å²) in [6.45, 7) is 2.84. The Balaban J connectivity index is 1.50. The van der Waals surface area contributed by atoms with Gasteiger partial charge in [0.05, 0.1) is 25.2 Å². The fraction of sp³-hybridized carbons (Fsp3) is 0.227. The van der Waals surface area contributed by atoms with Gasteiger partial charge in [-0.25, -0.2) is 9.97 Å². The molecule has 1 saturated heterocycles. The second-order valence-electron chi connectivity index (χ2n) is 7.19. The molecule has 1 fully saturated rings. The van der Waals surface area contributed by atoms with Gasteiger partial charge in [0, 0.05) is 36.8 Å². The van der Waals surface area contributed by atoms with Crippen LogP contribution in [0, 0.1) is 0 Å². The number of pyridine rings is 1. The highest BCUT2D eigenvalue weighted by molar-refractivity contribution is 5.73. The second-order valence-corrected chi connectivity index (χ2v) is 7.19. The van der Waals surface area contributed by atoms with Gasteiger partial charge in [-0.1, -0.05) is 12.1 Å². The van der Waals surface area contributed by atoms with Crippen LogP contribution in [0.15, 0.2) is 48.9 Å². The van der Waals surface area contributed by atoms with Gasteiger partial charge in [-0.15, -0.1) is 0 Å². The second kappa shape index (κ2) is 7.52. The van der Waals surface area contributed by atoms with Crippen molar-refractivity contribution in [1.82, 2.24) is 25.6 Å². The summed E-state index contributed by atoms with van der Waals surface area (Å²) in [5.41, 5.74) is 6.04. The van der Waals surface area contributed by atoms with Crippen molar-refractivity contribution in [3.63, 3.8) is 0 Å². The third kappa shape index (κ3) is 3.52. The Labute approximate surface area is 169 Å². The zero-order chi connectivity index (χ0) is 19.6. The molecule has 2 aromatic heterocycles. The highest BCUT2D eigenvalue weighted by Gasteiger charge is 2.19. The van der Waals surface area contributed by atoms with Gasteiger partial charge in [-0.05, 0) is 41.6 Å². The molecule has 7 heteroatoms. The molecule has 2 aliphatic rings. The van der Waals surface area contributed by atoms with E-state index in [-0.39, 0.29) is 0 Å². The van der Waals surface area contributed by atoms with Crippen LogP contribution in [0.4, 0.5) is 11.5 Å². The summed E-state index contributed by atoms with van der Waals surface area (Å²) in [6.07, 6.45) is 7.29. The summed E-state index contributed by atoms with van der Waals surface area (Å²) in [6, 6.07) is 10.7. The molecule has 0 spiro atoms. The lowest BCUT2D eigenvalue weighted by atomic mass is 9.94. The number of benzene rings is 1. The van der Waals surface area contributed by atoms with E-state index in [2.05, 4.69) is 56.3 Å². The van der Waals surface area contributed by atoms with E-state index in [1.165, 1.54) is 5.56 Å². The standard InChI is InChI=1S/C22H22N6O/c1-29-21-13-25-12-20(27-21)19-8-15-6-7-23-11-18(15)22(28-19)26-17-4-2-14(3-5-17)16-9-24-10-16/h2-8,12-13,16,23-24H,9-11H2,1H3,(H,26,28). The number of rotatable bonds is 5. The van der Waals surface area contributed by atoms with E-state index in [1.54, 1.807) is 19.5 Å². The number of anilines is 2. The van der Waals surface area contributed by atoms with E-state index < -0.39 is 0 Å². The summed E-state index contributed by atoms with van der Waals surface area (Å²) in [7, 11) is 1.58. The van der Waals surface area contributed by atoms with Crippen LogP contribution >= 0.6 is 0 Å². The molecule has 0 saturated carbocycles. The maximum atomic E-state index is 5.21. The van der Waals surface area contributed by atoms with E-state index in [1.807, 2.05) is 12.3 Å². The lowest BCUT2D eigenvalue weighted by Gasteiger charge is -2.27. The molecule has 7 nitrogen and oxygen atoms in total. The van der Waals surface area contributed by atoms with Gasteiger partial charge in [0.15, 0.2) is 0 Å². The molecule has 2 aliphatic heterocycles. The number of methoxy groups -OCH3 is 1. The molecule has 3 N–H and O–H groups in total. The molecule has 0 aliphatic carbocycles. The van der Waals surface area contributed by atoms with Gasteiger partial charge in [-0.2, -0.15) is 0 Å². The van der Waals surface area contributed by atoms with Gasteiger partial charge in [0.25, 0.3) is 0 Å². The van der Waals surface area contributed by atoms with Crippen molar-refractivity contribution in [2.24, 2.45) is 0 Å². The van der Waals surface area contributed by atoms with Crippen molar-refractivity contribution < 1.29 is 4.74 Å². The molecule has 0 amide bonds. The minimum atomic E-state index is 0.467. The molecule has 0 unspecified atom stereocenters. The number of hydrogen-bond donors (Lipinski definition) is 3. The number of fused-ring (bicyclic) bond motifs is 1. The Morgan fingerprint density at radius 1 is 1.07 bits per heavy atom. The summed E-state index contributed by atoms with van der Waals surface area (Å²) in [4.78, 5) is 13.6. The van der Waals surface area contributed by atoms with Crippen LogP contribution in [0.5, 0.6) is 5.88 Å². The number of nitrogens with zero attached hydrogens (tertiary/aromatic N) is 3. The van der Waals surface area contributed by atoms with Crippen LogP contribution in [0.1, 0.15) is 22.6 Å². The predicted octanol–water partition coefficient (Wildman–Crippen LogP) is 3.05. The Morgan fingerprint density at radius 3 is 2.69 bits per heavy atom. The highest BCUT2D eigenvalue weighted by Crippen LogP contribution is 2.30. The maximum absolute atomic E-state index is 5.21. The topological polar surface area (TPSA) is 84.0 Å². The monoisotopic (exact) mass is 386 g/mol. The van der Waals surface area contributed by atoms with Gasteiger partial charge in [-0.3, -0.25) is 4.98 Å². The van der Waals surface area contributed by atoms with Crippen molar-refractivity contribution in [1.29, 1.82) is 0 Å². The van der Waals surface area contributed by atoms with Gasteiger partial charge in [0.2, 0.25) is 5.88 Å². The summed E-state index contributed by atoms with van der Waals surface area (Å²) >= 11 is 0. The SMILES string of the molecule is COc1cncc(-c2cc3c(c(Nc4ccc(C5CNC5)cc4)n2)CNC=C3)n1. The fourth-order valence-electron chi connectivity index (χ4n) is 3.54. The van der Waals surface area contributed by atoms with E-state index in [0.29, 0.717) is 17.5 Å². The third-order valence-electron chi connectivity index (χ3n) is 5.33. The first-order valence-corrected chi connectivity index (χ1v) is 9.68. The lowest BCUT2D eigenvalue weighted by molar-refractivity contribution is 0.396. The summed E-state index contributed by atoms with van der Waals surface area (Å²) in [5.74, 6) is 1.91. The first-order valence-electron chi connectivity index (χ1n) is 9.68. The predicted molar refractivity (Wildman–Crippen MR) is 113 cm³/mol. The Hall–Kier alpha value is -3.45. The van der Waals surface area contributed by atoms with Gasteiger partial charge >= 0.3 is 0 Å². The van der Waals surface area contributed by atoms with E-state index in [9.17, 15) is 0 Å². The average molecular weight is 386 g/mol. The Kier molecular flexibility index (Phi) is 4.57. The van der Waals surface area contributed by atoms with Crippen LogP contribution in [0.2, 0.25) is 0 Å². The average Bonchev–Trinajstić information content (AvgIpc) is 2.74. The van der Waals surface area contributed by atoms with Crippen molar-refractivity contribution in [3.05, 3.63) is 65.6 Å². The molecule has 0 bridgehead atoms. The molecular formula is C22H22N6O. The van der Waals surface area contributed by atoms with E-state index >= 15 is 0 Å². The lowest BCUT2D eigenvalue weighted by Crippen LogP contribution is -2.39. The van der Waals surface area contributed by atoms with Crippen LogP contribution < -0.4 is 20.7 Å². The third-order valence-corrected chi connectivity index (χ3v) is 5.33. The van der Waals surface area contributed by atoms with Crippen molar-refractivity contribution in [3.8, 4) is 17.3 Å². The fourth-order valence-corrected chi connectivity index (χ4v) is 3.54. The highest BCUT2D eigenvalue weighted by atomic mass is 16.5. The number of nitrogens with one attached hydrogen (secondary N) is 3. The van der Waals surface area contributed by atoms with Crippen LogP contribution in [0.25, 0.3) is 17.5 Å². The van der Waals surface area contributed by atoms with Crippen LogP contribution in [-0.2, 0) is 6.54 Å². The quantitative estimate of drug-likeness (QED) is 0.621. The Morgan fingerprint density at radius 2 is 1.93 bits per heavy atom. The molecule has 0 atom stereocenters. The normalized spacial score (nSPS) is 15.2. The first-order chi connectivity index (χ1) is 14.3. The minimum absolute atomic E-state index is 0.467. The van der Waals surface area contributed by atoms with Crippen molar-refractivity contribution in [2.45, 2.75) is 12.5 Å². The summed E-state index contributed by atoms with van der Waals surface area (Å²) in [5, 5.41) is 10.1. The van der Waals surface area contributed by atoms with E-state index in [0.717, 1.165) is 48.0 Å². The zero-order valence-electron chi connectivity index (χ0n) is 16.1. The van der Waals surface area contributed by atoms with Gasteiger partial charge in [0.1, 0.15) is 11.5 Å². The number of hydrogen-bond acceptors (Lipinski definition) is 7. The molecule has 29 heavy (non-hydrogen) atoms. The molecule has 5 rings (SSSR count). The molecule has 146 valence electrons. The largest absolute Gasteiger partial charge is 0.480 e. The molecular weight excluding hydrogens is 364 g/mol. The maximum Gasteiger partial charge on any atom is 0.232 e. The zero-order valence-corrected chi connectivity index (χ0v) is 16.1. The molecule has 0 radical (unpaired) electrons. The summed E-state index contributed by atoms with van der Waals surface area (Å²) < 4.78 is 5.21. The van der Waals surface area contributed by atoms with Crippen LogP contribution in [-0.4, -0.2) is 35.2 Å². The van der Waals surface area contributed by atoms with E-state index in [4.69, 9.17) is 9.72 Å². The van der Waals surface area contributed by atoms with Crippen molar-refractivity contribution >= 4 is 17.6 Å². The molecule has 4 heterocycles. The number of ether oxygens (including phenoxy) is 1. The minimum Gasteiger partial charge on any atom is -0.480 e. The first kappa shape index (κ1) is 17.6. The molecule has 3 aromatic rings. The van der Waals surface area contributed by atoms with Crippen LogP contribution in [0.3, 0.4) is 0 Å². The smallest absolute Gasteiger partial charge is 0.232 e. The molecule has 1 aromatic carbocycles. The van der Waals surface area contributed by atoms with Gasteiger partial charge < -0.3 is 20.7 Å². The number of aromatic nitrogens is 3.